The molecule has 0 aromatic heterocycles. The molecule has 15 heavy (non-hydrogen) atoms. The average Bonchev–Trinajstić information content (AvgIpc) is 2.01. The third kappa shape index (κ3) is 2.01. The van der Waals surface area contributed by atoms with Crippen LogP contribution in [0.25, 0.3) is 0 Å². The SMILES string of the molecule is COC(F)(F)C(F)(F)C(C)(F)C(F)(F)F. The van der Waals surface area contributed by atoms with Gasteiger partial charge in [-0.15, -0.1) is 0 Å². The van der Waals surface area contributed by atoms with E-state index < -0.39 is 30.8 Å². The van der Waals surface area contributed by atoms with Gasteiger partial charge in [0.15, 0.2) is 0 Å². The predicted molar refractivity (Wildman–Crippen MR) is 32.5 cm³/mol. The fraction of sp³-hybridized carbons (Fsp3) is 1.00. The summed E-state index contributed by atoms with van der Waals surface area (Å²) in [5.41, 5.74) is -5.39. The van der Waals surface area contributed by atoms with Gasteiger partial charge in [-0.05, 0) is 6.92 Å². The monoisotopic (exact) mass is 246 g/mol. The largest absolute Gasteiger partial charge is 0.428 e. The molecular weight excluding hydrogens is 240 g/mol. The van der Waals surface area contributed by atoms with E-state index in [0.29, 0.717) is 0 Å². The summed E-state index contributed by atoms with van der Waals surface area (Å²) >= 11 is 0. The lowest BCUT2D eigenvalue weighted by Crippen LogP contribution is -2.62. The third-order valence-electron chi connectivity index (χ3n) is 1.74. The second-order valence-electron chi connectivity index (χ2n) is 2.80. The molecule has 0 saturated heterocycles. The Hall–Kier alpha value is -0.600. The fourth-order valence-corrected chi connectivity index (χ4v) is 0.579. The van der Waals surface area contributed by atoms with Crippen LogP contribution in [0.5, 0.6) is 0 Å². The molecule has 0 amide bonds. The molecule has 0 heterocycles. The number of halogens is 8. The minimum atomic E-state index is -6.14. The van der Waals surface area contributed by atoms with Crippen LogP contribution in [0.4, 0.5) is 35.1 Å². The molecule has 9 heteroatoms. The quantitative estimate of drug-likeness (QED) is 0.695. The molecule has 0 saturated carbocycles. The zero-order valence-corrected chi connectivity index (χ0v) is 7.43. The summed E-state index contributed by atoms with van der Waals surface area (Å²) in [5.74, 6) is -6.02. The van der Waals surface area contributed by atoms with Crippen molar-refractivity contribution in [2.45, 2.75) is 30.8 Å². The molecule has 1 nitrogen and oxygen atoms in total. The van der Waals surface area contributed by atoms with E-state index >= 15 is 0 Å². The zero-order valence-electron chi connectivity index (χ0n) is 7.43. The third-order valence-corrected chi connectivity index (χ3v) is 1.74. The molecule has 0 aliphatic rings. The number of hydrogen-bond acceptors (Lipinski definition) is 1. The Labute approximate surface area is 79.0 Å². The van der Waals surface area contributed by atoms with Crippen LogP contribution in [0.15, 0.2) is 0 Å². The lowest BCUT2D eigenvalue weighted by Gasteiger charge is -2.35. The van der Waals surface area contributed by atoms with Crippen LogP contribution in [0.2, 0.25) is 0 Å². The van der Waals surface area contributed by atoms with E-state index in [4.69, 9.17) is 0 Å². The van der Waals surface area contributed by atoms with Crippen molar-refractivity contribution >= 4 is 0 Å². The van der Waals surface area contributed by atoms with Gasteiger partial charge in [0.1, 0.15) is 0 Å². The molecule has 0 fully saturated rings. The summed E-state index contributed by atoms with van der Waals surface area (Å²) in [6.07, 6.45) is -11.7. The zero-order chi connectivity index (χ0) is 12.7. The minimum absolute atomic E-state index is 0.0420. The van der Waals surface area contributed by atoms with Gasteiger partial charge in [0.05, 0.1) is 0 Å². The van der Waals surface area contributed by atoms with Gasteiger partial charge in [-0.25, -0.2) is 4.39 Å². The fourth-order valence-electron chi connectivity index (χ4n) is 0.579. The Bertz CT molecular complexity index is 230. The maximum absolute atomic E-state index is 12.6. The Kier molecular flexibility index (Phi) is 3.32. The Morgan fingerprint density at radius 3 is 1.33 bits per heavy atom. The van der Waals surface area contributed by atoms with Crippen molar-refractivity contribution in [2.24, 2.45) is 0 Å². The molecule has 1 unspecified atom stereocenters. The first-order chi connectivity index (χ1) is 6.31. The number of alkyl halides is 8. The average molecular weight is 246 g/mol. The lowest BCUT2D eigenvalue weighted by atomic mass is 9.98. The van der Waals surface area contributed by atoms with E-state index in [1.807, 2.05) is 0 Å². The standard InChI is InChI=1S/C6H6F8O/c1-3(7,5(10,11)12)4(8,9)6(13,14)15-2/h1-2H3. The smallest absolute Gasteiger partial charge is 0.319 e. The summed E-state index contributed by atoms with van der Waals surface area (Å²) in [7, 11) is 0.0420. The molecule has 0 spiro atoms. The van der Waals surface area contributed by atoms with Crippen molar-refractivity contribution in [2.75, 3.05) is 7.11 Å². The summed E-state index contributed by atoms with van der Waals surface area (Å²) in [5, 5.41) is 0. The summed E-state index contributed by atoms with van der Waals surface area (Å²) in [6.45, 7) is -0.681. The number of ether oxygens (including phenoxy) is 1. The second kappa shape index (κ2) is 3.46. The maximum Gasteiger partial charge on any atom is 0.428 e. The van der Waals surface area contributed by atoms with Gasteiger partial charge in [-0.1, -0.05) is 0 Å². The highest BCUT2D eigenvalue weighted by Crippen LogP contribution is 2.51. The van der Waals surface area contributed by atoms with E-state index in [9.17, 15) is 35.1 Å². The van der Waals surface area contributed by atoms with Crippen molar-refractivity contribution in [1.82, 2.24) is 0 Å². The first-order valence-corrected chi connectivity index (χ1v) is 3.37. The van der Waals surface area contributed by atoms with Crippen molar-refractivity contribution in [1.29, 1.82) is 0 Å². The van der Waals surface area contributed by atoms with Crippen LogP contribution < -0.4 is 0 Å². The van der Waals surface area contributed by atoms with E-state index in [2.05, 4.69) is 4.74 Å². The van der Waals surface area contributed by atoms with Gasteiger partial charge >= 0.3 is 18.2 Å². The predicted octanol–water partition coefficient (Wildman–Crippen LogP) is 3.15. The van der Waals surface area contributed by atoms with Crippen molar-refractivity contribution in [3.63, 3.8) is 0 Å². The van der Waals surface area contributed by atoms with Crippen LogP contribution in [0.3, 0.4) is 0 Å². The van der Waals surface area contributed by atoms with Crippen LogP contribution in [0.1, 0.15) is 6.92 Å². The van der Waals surface area contributed by atoms with E-state index in [-0.39, 0.29) is 7.11 Å². The molecule has 0 bridgehead atoms. The molecule has 0 aromatic carbocycles. The van der Waals surface area contributed by atoms with Crippen LogP contribution >= 0.6 is 0 Å². The van der Waals surface area contributed by atoms with Crippen LogP contribution in [0, 0.1) is 0 Å². The topological polar surface area (TPSA) is 9.23 Å². The van der Waals surface area contributed by atoms with Crippen LogP contribution in [-0.4, -0.2) is 31.0 Å². The molecule has 0 N–H and O–H groups in total. The molecule has 92 valence electrons. The summed E-state index contributed by atoms with van der Waals surface area (Å²) in [4.78, 5) is 0. The highest BCUT2D eigenvalue weighted by atomic mass is 19.4. The Morgan fingerprint density at radius 1 is 0.800 bits per heavy atom. The lowest BCUT2D eigenvalue weighted by molar-refractivity contribution is -0.406. The Morgan fingerprint density at radius 2 is 1.13 bits per heavy atom. The van der Waals surface area contributed by atoms with Gasteiger partial charge in [0.2, 0.25) is 0 Å². The summed E-state index contributed by atoms with van der Waals surface area (Å²) < 4.78 is 100. The first-order valence-electron chi connectivity index (χ1n) is 3.37. The first kappa shape index (κ1) is 14.4. The number of rotatable bonds is 3. The van der Waals surface area contributed by atoms with Crippen molar-refractivity contribution < 1.29 is 39.9 Å². The molecule has 1 atom stereocenters. The van der Waals surface area contributed by atoms with Gasteiger partial charge in [0.25, 0.3) is 5.67 Å². The molecule has 0 aliphatic heterocycles. The maximum atomic E-state index is 12.6. The summed E-state index contributed by atoms with van der Waals surface area (Å²) in [6, 6.07) is 0. The van der Waals surface area contributed by atoms with Gasteiger partial charge < -0.3 is 4.74 Å². The van der Waals surface area contributed by atoms with Crippen molar-refractivity contribution in [3.05, 3.63) is 0 Å². The van der Waals surface area contributed by atoms with Crippen molar-refractivity contribution in [3.8, 4) is 0 Å². The molecule has 0 radical (unpaired) electrons. The molecule has 0 aliphatic carbocycles. The number of hydrogen-bond donors (Lipinski definition) is 0. The van der Waals surface area contributed by atoms with Gasteiger partial charge in [-0.2, -0.15) is 30.7 Å². The second-order valence-corrected chi connectivity index (χ2v) is 2.80. The van der Waals surface area contributed by atoms with Gasteiger partial charge in [0, 0.05) is 7.11 Å². The number of methoxy groups -OCH3 is 1. The van der Waals surface area contributed by atoms with E-state index in [1.165, 1.54) is 0 Å². The van der Waals surface area contributed by atoms with E-state index in [0.717, 1.165) is 0 Å². The minimum Gasteiger partial charge on any atom is -0.319 e. The van der Waals surface area contributed by atoms with E-state index in [1.54, 1.807) is 0 Å². The highest BCUT2D eigenvalue weighted by Gasteiger charge is 2.78. The molecule has 0 aromatic rings. The highest BCUT2D eigenvalue weighted by molar-refractivity contribution is 5.00. The molecule has 0 rings (SSSR count). The van der Waals surface area contributed by atoms with Gasteiger partial charge in [-0.3, -0.25) is 0 Å². The normalized spacial score (nSPS) is 18.8. The molecular formula is C6H6F8O. The Balaban J connectivity index is 5.38. The van der Waals surface area contributed by atoms with Crippen LogP contribution in [-0.2, 0) is 4.74 Å².